The molecule has 2 heterocycles. The highest BCUT2D eigenvalue weighted by molar-refractivity contribution is 8.00. The number of amides is 1. The minimum atomic E-state index is -0.367. The topological polar surface area (TPSA) is 78.3 Å². The largest absolute Gasteiger partial charge is 0.454 e. The number of ether oxygens (including phenoxy) is 2. The number of nitrogens with one attached hydrogen (secondary N) is 1. The first-order valence-corrected chi connectivity index (χ1v) is 11.4. The summed E-state index contributed by atoms with van der Waals surface area (Å²) in [4.78, 5) is 12.8. The van der Waals surface area contributed by atoms with E-state index in [1.807, 2.05) is 90.4 Å². The zero-order chi connectivity index (χ0) is 22.6. The standard InChI is InChI=1S/C25H22N4O3S/c1-17(24(30)26-20-10-6-3-7-11-20)33-25-28-27-23(19-8-4-2-5-9-19)29(25)15-18-12-13-21-22(14-18)32-16-31-21/h2-14,17H,15-16H2,1H3,(H,26,30)/t17-/m0/s1. The Hall–Kier alpha value is -3.78. The Morgan fingerprint density at radius 1 is 1.00 bits per heavy atom. The molecule has 0 fully saturated rings. The third kappa shape index (κ3) is 4.70. The molecule has 4 aromatic rings. The quantitative estimate of drug-likeness (QED) is 0.399. The van der Waals surface area contributed by atoms with Crippen molar-refractivity contribution in [3.63, 3.8) is 0 Å². The molecule has 1 aliphatic heterocycles. The molecule has 166 valence electrons. The van der Waals surface area contributed by atoms with Crippen LogP contribution in [0.15, 0.2) is 84.0 Å². The van der Waals surface area contributed by atoms with E-state index in [2.05, 4.69) is 15.5 Å². The molecule has 0 aliphatic carbocycles. The van der Waals surface area contributed by atoms with Crippen molar-refractivity contribution in [2.45, 2.75) is 23.9 Å². The molecular formula is C25H22N4O3S. The molecule has 0 unspecified atom stereocenters. The van der Waals surface area contributed by atoms with Gasteiger partial charge in [0.05, 0.1) is 11.8 Å². The van der Waals surface area contributed by atoms with Crippen LogP contribution in [0.5, 0.6) is 11.5 Å². The van der Waals surface area contributed by atoms with Crippen molar-refractivity contribution in [2.75, 3.05) is 12.1 Å². The maximum atomic E-state index is 12.8. The van der Waals surface area contributed by atoms with Crippen LogP contribution in [0.2, 0.25) is 0 Å². The number of carbonyl (C=O) groups excluding carboxylic acids is 1. The molecule has 5 rings (SSSR count). The minimum Gasteiger partial charge on any atom is -0.454 e. The zero-order valence-corrected chi connectivity index (χ0v) is 18.8. The Labute approximate surface area is 195 Å². The van der Waals surface area contributed by atoms with Crippen molar-refractivity contribution in [1.82, 2.24) is 14.8 Å². The number of hydrogen-bond donors (Lipinski definition) is 1. The van der Waals surface area contributed by atoms with Gasteiger partial charge in [-0.1, -0.05) is 66.4 Å². The summed E-state index contributed by atoms with van der Waals surface area (Å²) in [5.41, 5.74) is 2.75. The summed E-state index contributed by atoms with van der Waals surface area (Å²) in [5, 5.41) is 12.1. The van der Waals surface area contributed by atoms with Gasteiger partial charge in [0.2, 0.25) is 12.7 Å². The first kappa shape index (κ1) is 21.1. The van der Waals surface area contributed by atoms with Crippen LogP contribution in [0.3, 0.4) is 0 Å². The normalized spacial score (nSPS) is 13.0. The Balaban J connectivity index is 1.42. The maximum Gasteiger partial charge on any atom is 0.237 e. The van der Waals surface area contributed by atoms with E-state index in [0.717, 1.165) is 34.1 Å². The summed E-state index contributed by atoms with van der Waals surface area (Å²) in [7, 11) is 0. The van der Waals surface area contributed by atoms with Crippen LogP contribution in [0.25, 0.3) is 11.4 Å². The van der Waals surface area contributed by atoms with E-state index in [0.29, 0.717) is 11.7 Å². The number of rotatable bonds is 7. The number of fused-ring (bicyclic) bond motifs is 1. The molecule has 0 bridgehead atoms. The molecule has 0 radical (unpaired) electrons. The number of nitrogens with zero attached hydrogens (tertiary/aromatic N) is 3. The number of aromatic nitrogens is 3. The van der Waals surface area contributed by atoms with Gasteiger partial charge in [-0.3, -0.25) is 9.36 Å². The van der Waals surface area contributed by atoms with Gasteiger partial charge in [-0.25, -0.2) is 0 Å². The number of hydrogen-bond acceptors (Lipinski definition) is 6. The molecule has 0 spiro atoms. The van der Waals surface area contributed by atoms with Gasteiger partial charge in [-0.05, 0) is 36.8 Å². The van der Waals surface area contributed by atoms with Gasteiger partial charge in [-0.2, -0.15) is 0 Å². The van der Waals surface area contributed by atoms with E-state index in [4.69, 9.17) is 9.47 Å². The van der Waals surface area contributed by atoms with Crippen LogP contribution in [0, 0.1) is 0 Å². The van der Waals surface area contributed by atoms with E-state index in [-0.39, 0.29) is 18.0 Å². The van der Waals surface area contributed by atoms with Gasteiger partial charge in [0.15, 0.2) is 22.5 Å². The lowest BCUT2D eigenvalue weighted by Crippen LogP contribution is -2.23. The second-order valence-electron chi connectivity index (χ2n) is 7.56. The van der Waals surface area contributed by atoms with Crippen molar-refractivity contribution in [1.29, 1.82) is 0 Å². The number of carbonyl (C=O) groups is 1. The molecule has 33 heavy (non-hydrogen) atoms. The SMILES string of the molecule is C[C@H](Sc1nnc(-c2ccccc2)n1Cc1ccc2c(c1)OCO2)C(=O)Nc1ccccc1. The predicted molar refractivity (Wildman–Crippen MR) is 128 cm³/mol. The Morgan fingerprint density at radius 2 is 1.73 bits per heavy atom. The molecule has 0 saturated heterocycles. The fourth-order valence-electron chi connectivity index (χ4n) is 3.52. The summed E-state index contributed by atoms with van der Waals surface area (Å²) < 4.78 is 13.0. The van der Waals surface area contributed by atoms with Crippen molar-refractivity contribution in [2.24, 2.45) is 0 Å². The molecule has 7 nitrogen and oxygen atoms in total. The highest BCUT2D eigenvalue weighted by Gasteiger charge is 2.22. The Kier molecular flexibility index (Phi) is 5.99. The van der Waals surface area contributed by atoms with Gasteiger partial charge < -0.3 is 14.8 Å². The molecule has 0 saturated carbocycles. The van der Waals surface area contributed by atoms with Crippen LogP contribution in [0.1, 0.15) is 12.5 Å². The molecule has 1 aliphatic rings. The molecule has 8 heteroatoms. The summed E-state index contributed by atoms with van der Waals surface area (Å²) in [6.45, 7) is 2.63. The van der Waals surface area contributed by atoms with Crippen molar-refractivity contribution >= 4 is 23.4 Å². The third-order valence-electron chi connectivity index (χ3n) is 5.22. The van der Waals surface area contributed by atoms with Crippen LogP contribution in [-0.2, 0) is 11.3 Å². The van der Waals surface area contributed by atoms with Crippen LogP contribution in [0.4, 0.5) is 5.69 Å². The highest BCUT2D eigenvalue weighted by atomic mass is 32.2. The first-order chi connectivity index (χ1) is 16.2. The fraction of sp³-hybridized carbons (Fsp3) is 0.160. The predicted octanol–water partition coefficient (Wildman–Crippen LogP) is 4.84. The molecule has 3 aromatic carbocycles. The van der Waals surface area contributed by atoms with Gasteiger partial charge in [-0.15, -0.1) is 10.2 Å². The Bertz CT molecular complexity index is 1260. The number of benzene rings is 3. The molecule has 1 atom stereocenters. The van der Waals surface area contributed by atoms with Crippen LogP contribution in [-0.4, -0.2) is 32.7 Å². The molecular weight excluding hydrogens is 436 g/mol. The maximum absolute atomic E-state index is 12.8. The molecule has 1 N–H and O–H groups in total. The Morgan fingerprint density at radius 3 is 2.52 bits per heavy atom. The smallest absolute Gasteiger partial charge is 0.237 e. The van der Waals surface area contributed by atoms with Gasteiger partial charge >= 0.3 is 0 Å². The van der Waals surface area contributed by atoms with Crippen molar-refractivity contribution in [3.05, 3.63) is 84.4 Å². The van der Waals surface area contributed by atoms with E-state index in [9.17, 15) is 4.79 Å². The average molecular weight is 459 g/mol. The van der Waals surface area contributed by atoms with Crippen molar-refractivity contribution < 1.29 is 14.3 Å². The van der Waals surface area contributed by atoms with Gasteiger partial charge in [0.1, 0.15) is 0 Å². The average Bonchev–Trinajstić information content (AvgIpc) is 3.47. The second kappa shape index (κ2) is 9.38. The minimum absolute atomic E-state index is 0.0925. The lowest BCUT2D eigenvalue weighted by Gasteiger charge is -2.14. The number of thioether (sulfide) groups is 1. The van der Waals surface area contributed by atoms with Gasteiger partial charge in [0.25, 0.3) is 0 Å². The second-order valence-corrected chi connectivity index (χ2v) is 8.87. The summed E-state index contributed by atoms with van der Waals surface area (Å²) in [5.74, 6) is 2.12. The zero-order valence-electron chi connectivity index (χ0n) is 18.0. The number of anilines is 1. The third-order valence-corrected chi connectivity index (χ3v) is 6.30. The number of para-hydroxylation sites is 1. The lowest BCUT2D eigenvalue weighted by molar-refractivity contribution is -0.115. The molecule has 1 aromatic heterocycles. The van der Waals surface area contributed by atoms with Crippen molar-refractivity contribution in [3.8, 4) is 22.9 Å². The van der Waals surface area contributed by atoms with E-state index in [1.165, 1.54) is 11.8 Å². The van der Waals surface area contributed by atoms with Crippen LogP contribution < -0.4 is 14.8 Å². The lowest BCUT2D eigenvalue weighted by atomic mass is 10.2. The van der Waals surface area contributed by atoms with Gasteiger partial charge in [0, 0.05) is 11.3 Å². The van der Waals surface area contributed by atoms with Crippen LogP contribution >= 0.6 is 11.8 Å². The highest BCUT2D eigenvalue weighted by Crippen LogP contribution is 2.34. The van der Waals surface area contributed by atoms with E-state index >= 15 is 0 Å². The summed E-state index contributed by atoms with van der Waals surface area (Å²) >= 11 is 1.38. The molecule has 1 amide bonds. The van der Waals surface area contributed by atoms with E-state index < -0.39 is 0 Å². The van der Waals surface area contributed by atoms with E-state index in [1.54, 1.807) is 0 Å². The summed E-state index contributed by atoms with van der Waals surface area (Å²) in [6, 6.07) is 25.2. The summed E-state index contributed by atoms with van der Waals surface area (Å²) in [6.07, 6.45) is 0. The monoisotopic (exact) mass is 458 g/mol. The first-order valence-electron chi connectivity index (χ1n) is 10.6. The fourth-order valence-corrected chi connectivity index (χ4v) is 4.37.